The van der Waals surface area contributed by atoms with Crippen LogP contribution in [-0.2, 0) is 6.42 Å². The van der Waals surface area contributed by atoms with Gasteiger partial charge < -0.3 is 10.2 Å². The zero-order valence-electron chi connectivity index (χ0n) is 11.7. The number of rotatable bonds is 7. The number of nitrogens with zero attached hydrogens (tertiary/aromatic N) is 3. The van der Waals surface area contributed by atoms with Gasteiger partial charge in [0.1, 0.15) is 16.8 Å². The lowest BCUT2D eigenvalue weighted by Gasteiger charge is -2.23. The van der Waals surface area contributed by atoms with Crippen LogP contribution in [0.15, 0.2) is 6.07 Å². The fourth-order valence-electron chi connectivity index (χ4n) is 1.86. The normalized spacial score (nSPS) is 12.8. The molecule has 0 aromatic carbocycles. The van der Waals surface area contributed by atoms with Crippen LogP contribution in [0, 0.1) is 0 Å². The predicted molar refractivity (Wildman–Crippen MR) is 77.3 cm³/mol. The van der Waals surface area contributed by atoms with Gasteiger partial charge in [0.2, 0.25) is 0 Å². The Labute approximate surface area is 115 Å². The van der Waals surface area contributed by atoms with Gasteiger partial charge in [-0.3, -0.25) is 0 Å². The maximum Gasteiger partial charge on any atom is 0.134 e. The van der Waals surface area contributed by atoms with Crippen molar-refractivity contribution in [3.05, 3.63) is 17.0 Å². The minimum atomic E-state index is 0.334. The molecule has 1 unspecified atom stereocenters. The van der Waals surface area contributed by atoms with Gasteiger partial charge in [0.05, 0.1) is 0 Å². The van der Waals surface area contributed by atoms with E-state index in [0.29, 0.717) is 11.2 Å². The van der Waals surface area contributed by atoms with Gasteiger partial charge in [-0.15, -0.1) is 0 Å². The van der Waals surface area contributed by atoms with Crippen molar-refractivity contribution in [2.75, 3.05) is 25.0 Å². The monoisotopic (exact) mass is 270 g/mol. The highest BCUT2D eigenvalue weighted by molar-refractivity contribution is 6.29. The Morgan fingerprint density at radius 1 is 1.28 bits per heavy atom. The van der Waals surface area contributed by atoms with Crippen LogP contribution < -0.4 is 5.32 Å². The fraction of sp³-hybridized carbons (Fsp3) is 0.692. The average Bonchev–Trinajstić information content (AvgIpc) is 2.35. The van der Waals surface area contributed by atoms with Crippen LogP contribution in [0.4, 0.5) is 5.82 Å². The summed E-state index contributed by atoms with van der Waals surface area (Å²) in [6.07, 6.45) is 0.791. The maximum absolute atomic E-state index is 5.97. The largest absolute Gasteiger partial charge is 0.366 e. The van der Waals surface area contributed by atoms with Crippen LogP contribution >= 0.6 is 11.6 Å². The van der Waals surface area contributed by atoms with Gasteiger partial charge in [-0.2, -0.15) is 0 Å². The van der Waals surface area contributed by atoms with Crippen molar-refractivity contribution in [1.29, 1.82) is 0 Å². The molecule has 0 saturated carbocycles. The molecule has 1 aromatic rings. The molecular weight excluding hydrogens is 248 g/mol. The van der Waals surface area contributed by atoms with E-state index in [9.17, 15) is 0 Å². The minimum absolute atomic E-state index is 0.334. The highest BCUT2D eigenvalue weighted by Gasteiger charge is 2.09. The first-order valence-corrected chi connectivity index (χ1v) is 6.99. The van der Waals surface area contributed by atoms with Crippen molar-refractivity contribution in [2.24, 2.45) is 0 Å². The summed E-state index contributed by atoms with van der Waals surface area (Å²) in [6.45, 7) is 11.6. The number of hydrogen-bond donors (Lipinski definition) is 1. The molecule has 0 saturated heterocycles. The zero-order chi connectivity index (χ0) is 13.5. The molecule has 0 amide bonds. The van der Waals surface area contributed by atoms with E-state index in [4.69, 9.17) is 11.6 Å². The molecule has 1 N–H and O–H groups in total. The molecule has 0 bridgehead atoms. The lowest BCUT2D eigenvalue weighted by atomic mass is 10.3. The second-order valence-corrected chi connectivity index (χ2v) is 4.76. The Bertz CT molecular complexity index is 366. The summed E-state index contributed by atoms with van der Waals surface area (Å²) in [5, 5.41) is 3.88. The van der Waals surface area contributed by atoms with E-state index < -0.39 is 0 Å². The molecule has 1 rings (SSSR count). The number of halogens is 1. The van der Waals surface area contributed by atoms with Crippen LogP contribution in [0.1, 0.15) is 33.5 Å². The van der Waals surface area contributed by atoms with Crippen LogP contribution in [0.3, 0.4) is 0 Å². The van der Waals surface area contributed by atoms with Crippen molar-refractivity contribution in [3.8, 4) is 0 Å². The summed E-state index contributed by atoms with van der Waals surface area (Å²) in [7, 11) is 0. The highest BCUT2D eigenvalue weighted by atomic mass is 35.5. The van der Waals surface area contributed by atoms with E-state index in [0.717, 1.165) is 37.7 Å². The molecule has 4 nitrogen and oxygen atoms in total. The second kappa shape index (κ2) is 7.54. The summed E-state index contributed by atoms with van der Waals surface area (Å²) >= 11 is 5.97. The molecular formula is C13H23ClN4. The van der Waals surface area contributed by atoms with Crippen molar-refractivity contribution in [3.63, 3.8) is 0 Å². The molecule has 0 fully saturated rings. The topological polar surface area (TPSA) is 41.1 Å². The van der Waals surface area contributed by atoms with Crippen LogP contribution in [0.2, 0.25) is 5.15 Å². The summed E-state index contributed by atoms with van der Waals surface area (Å²) in [4.78, 5) is 11.0. The summed E-state index contributed by atoms with van der Waals surface area (Å²) in [5.41, 5.74) is 0. The van der Waals surface area contributed by atoms with Crippen LogP contribution in [0.25, 0.3) is 0 Å². The van der Waals surface area contributed by atoms with Crippen molar-refractivity contribution < 1.29 is 0 Å². The molecule has 102 valence electrons. The van der Waals surface area contributed by atoms with E-state index >= 15 is 0 Å². The smallest absolute Gasteiger partial charge is 0.134 e. The molecule has 0 spiro atoms. The predicted octanol–water partition coefficient (Wildman–Crippen LogP) is 2.83. The molecule has 1 heterocycles. The Kier molecular flexibility index (Phi) is 6.36. The van der Waals surface area contributed by atoms with Gasteiger partial charge in [-0.25, -0.2) is 9.97 Å². The lowest BCUT2D eigenvalue weighted by molar-refractivity contribution is 0.294. The Hall–Kier alpha value is -0.870. The van der Waals surface area contributed by atoms with Gasteiger partial charge >= 0.3 is 0 Å². The maximum atomic E-state index is 5.97. The zero-order valence-corrected chi connectivity index (χ0v) is 12.5. The summed E-state index contributed by atoms with van der Waals surface area (Å²) < 4.78 is 0. The molecule has 1 aromatic heterocycles. The first-order chi connectivity index (χ1) is 8.58. The number of anilines is 1. The number of nitrogens with one attached hydrogen (secondary N) is 1. The van der Waals surface area contributed by atoms with Gasteiger partial charge in [-0.05, 0) is 20.0 Å². The summed E-state index contributed by atoms with van der Waals surface area (Å²) in [6, 6.07) is 2.11. The molecule has 0 aliphatic heterocycles. The van der Waals surface area contributed by atoms with Crippen molar-refractivity contribution in [1.82, 2.24) is 14.9 Å². The summed E-state index contributed by atoms with van der Waals surface area (Å²) in [5.74, 6) is 1.59. The van der Waals surface area contributed by atoms with E-state index in [2.05, 4.69) is 41.0 Å². The van der Waals surface area contributed by atoms with Crippen molar-refractivity contribution >= 4 is 17.4 Å². The minimum Gasteiger partial charge on any atom is -0.366 e. The van der Waals surface area contributed by atoms with Gasteiger partial charge in [-0.1, -0.05) is 32.4 Å². The van der Waals surface area contributed by atoms with E-state index in [1.165, 1.54) is 0 Å². The molecule has 0 radical (unpaired) electrons. The molecule has 18 heavy (non-hydrogen) atoms. The number of aromatic nitrogens is 2. The third-order valence-electron chi connectivity index (χ3n) is 2.88. The van der Waals surface area contributed by atoms with Gasteiger partial charge in [0.25, 0.3) is 0 Å². The molecule has 0 aliphatic carbocycles. The van der Waals surface area contributed by atoms with E-state index in [1.54, 1.807) is 6.07 Å². The van der Waals surface area contributed by atoms with Gasteiger partial charge in [0, 0.05) is 25.1 Å². The SMILES string of the molecule is CCc1nc(Cl)cc(NC(C)CN(CC)CC)n1. The Balaban J connectivity index is 2.63. The fourth-order valence-corrected chi connectivity index (χ4v) is 2.06. The third kappa shape index (κ3) is 4.78. The average molecular weight is 271 g/mol. The highest BCUT2D eigenvalue weighted by Crippen LogP contribution is 2.13. The lowest BCUT2D eigenvalue weighted by Crippen LogP contribution is -2.35. The second-order valence-electron chi connectivity index (χ2n) is 4.38. The number of likely N-dealkylation sites (N-methyl/N-ethyl adjacent to an activating group) is 1. The number of aryl methyl sites for hydroxylation is 1. The van der Waals surface area contributed by atoms with Crippen LogP contribution in [-0.4, -0.2) is 40.5 Å². The third-order valence-corrected chi connectivity index (χ3v) is 3.07. The van der Waals surface area contributed by atoms with E-state index in [1.807, 2.05) is 6.92 Å². The van der Waals surface area contributed by atoms with E-state index in [-0.39, 0.29) is 0 Å². The standard InChI is InChI=1S/C13H23ClN4/c1-5-12-16-11(14)8-13(17-12)15-10(4)9-18(6-2)7-3/h8,10H,5-7,9H2,1-4H3,(H,15,16,17). The first-order valence-electron chi connectivity index (χ1n) is 6.61. The number of hydrogen-bond acceptors (Lipinski definition) is 4. The van der Waals surface area contributed by atoms with Crippen molar-refractivity contribution in [2.45, 2.75) is 40.2 Å². The quantitative estimate of drug-likeness (QED) is 0.774. The Morgan fingerprint density at radius 2 is 1.94 bits per heavy atom. The Morgan fingerprint density at radius 3 is 2.50 bits per heavy atom. The molecule has 0 aliphatic rings. The van der Waals surface area contributed by atoms with Crippen LogP contribution in [0.5, 0.6) is 0 Å². The molecule has 1 atom stereocenters. The molecule has 5 heteroatoms. The van der Waals surface area contributed by atoms with Gasteiger partial charge in [0.15, 0.2) is 0 Å². The first kappa shape index (κ1) is 15.2.